The van der Waals surface area contributed by atoms with Crippen LogP contribution in [0.15, 0.2) is 65.6 Å². The van der Waals surface area contributed by atoms with Crippen molar-refractivity contribution in [2.45, 2.75) is 108 Å². The van der Waals surface area contributed by atoms with Gasteiger partial charge in [-0.1, -0.05) is 62.2 Å². The minimum absolute atomic E-state index is 0.00133. The Bertz CT molecular complexity index is 1650. The van der Waals surface area contributed by atoms with E-state index in [0.717, 1.165) is 49.8 Å². The molecule has 9 heteroatoms. The molecule has 2 fully saturated rings. The molecule has 0 spiro atoms. The zero-order chi connectivity index (χ0) is 33.1. The molecule has 3 heterocycles. The van der Waals surface area contributed by atoms with Gasteiger partial charge >= 0.3 is 0 Å². The molecule has 6 rings (SSSR count). The maximum atomic E-state index is 14.0. The highest BCUT2D eigenvalue weighted by Gasteiger charge is 2.34. The molecule has 2 amide bonds. The number of aromatic nitrogens is 1. The Balaban J connectivity index is 1.26. The summed E-state index contributed by atoms with van der Waals surface area (Å²) >= 11 is 0. The standard InChI is InChI=1S/C38H48N4O5/c1-4-25-16-17-33-29(21-25)31(23-38(2,3)47-33)39-19-18-30(35(44)26-11-6-5-7-12-26)40-36(45)27-22-32(41-20-10-15-34(41)43)37(46)42(24-27)28-13-8-9-14-28/h5-7,11-12,16-17,21-22,24,28,30-31,35,39,44H,4,8-10,13-15,18-20,23H2,1-3H3,(H,40,45)/t30-,31?,35-/m1/s1. The molecule has 1 unspecified atom stereocenters. The zero-order valence-electron chi connectivity index (χ0n) is 27.8. The van der Waals surface area contributed by atoms with E-state index in [1.54, 1.807) is 16.8 Å². The fourth-order valence-corrected chi connectivity index (χ4v) is 7.42. The minimum Gasteiger partial charge on any atom is -0.487 e. The fourth-order valence-electron chi connectivity index (χ4n) is 7.42. The normalized spacial score (nSPS) is 20.5. The molecule has 3 aromatic rings. The maximum absolute atomic E-state index is 14.0. The first kappa shape index (κ1) is 33.0. The first-order valence-electron chi connectivity index (χ1n) is 17.3. The molecule has 0 radical (unpaired) electrons. The molecule has 1 saturated carbocycles. The van der Waals surface area contributed by atoms with Crippen LogP contribution in [0.4, 0.5) is 5.69 Å². The number of benzene rings is 2. The highest BCUT2D eigenvalue weighted by Crippen LogP contribution is 2.40. The lowest BCUT2D eigenvalue weighted by Gasteiger charge is -2.38. The van der Waals surface area contributed by atoms with E-state index in [9.17, 15) is 19.5 Å². The molecule has 47 heavy (non-hydrogen) atoms. The van der Waals surface area contributed by atoms with Gasteiger partial charge in [0.15, 0.2) is 0 Å². The van der Waals surface area contributed by atoms with Gasteiger partial charge in [-0.15, -0.1) is 0 Å². The molecule has 0 bridgehead atoms. The van der Waals surface area contributed by atoms with Gasteiger partial charge in [-0.2, -0.15) is 0 Å². The number of carbonyl (C=O) groups excluding carboxylic acids is 2. The minimum atomic E-state index is -0.951. The first-order chi connectivity index (χ1) is 22.6. The third-order valence-electron chi connectivity index (χ3n) is 9.99. The molecule has 2 aliphatic heterocycles. The van der Waals surface area contributed by atoms with Gasteiger partial charge in [-0.05, 0) is 75.8 Å². The summed E-state index contributed by atoms with van der Waals surface area (Å²) < 4.78 is 7.96. The molecular formula is C38H48N4O5. The van der Waals surface area contributed by atoms with Crippen LogP contribution in [0.25, 0.3) is 0 Å². The second kappa shape index (κ2) is 14.0. The molecular weight excluding hydrogens is 592 g/mol. The number of pyridine rings is 1. The lowest BCUT2D eigenvalue weighted by Crippen LogP contribution is -2.44. The third-order valence-corrected chi connectivity index (χ3v) is 9.99. The van der Waals surface area contributed by atoms with Crippen LogP contribution in [0, 0.1) is 0 Å². The maximum Gasteiger partial charge on any atom is 0.274 e. The van der Waals surface area contributed by atoms with E-state index in [4.69, 9.17) is 4.74 Å². The van der Waals surface area contributed by atoms with Gasteiger partial charge in [0.2, 0.25) is 5.91 Å². The van der Waals surface area contributed by atoms with Crippen LogP contribution in [0.1, 0.15) is 117 Å². The van der Waals surface area contributed by atoms with Crippen molar-refractivity contribution in [2.24, 2.45) is 0 Å². The molecule has 3 N–H and O–H groups in total. The van der Waals surface area contributed by atoms with Crippen molar-refractivity contribution in [2.75, 3.05) is 18.0 Å². The summed E-state index contributed by atoms with van der Waals surface area (Å²) in [6, 6.07) is 16.7. The van der Waals surface area contributed by atoms with Crippen molar-refractivity contribution in [1.29, 1.82) is 0 Å². The van der Waals surface area contributed by atoms with E-state index in [2.05, 4.69) is 49.6 Å². The number of hydrogen-bond acceptors (Lipinski definition) is 6. The quantitative estimate of drug-likeness (QED) is 0.246. The summed E-state index contributed by atoms with van der Waals surface area (Å²) in [5, 5.41) is 18.4. The molecule has 2 aromatic carbocycles. The van der Waals surface area contributed by atoms with Gasteiger partial charge in [0, 0.05) is 43.2 Å². The molecule has 9 nitrogen and oxygen atoms in total. The van der Waals surface area contributed by atoms with Crippen molar-refractivity contribution < 1.29 is 19.4 Å². The first-order valence-corrected chi connectivity index (χ1v) is 17.3. The van der Waals surface area contributed by atoms with E-state index >= 15 is 0 Å². The van der Waals surface area contributed by atoms with Crippen LogP contribution in [-0.2, 0) is 11.2 Å². The van der Waals surface area contributed by atoms with Crippen LogP contribution in [0.2, 0.25) is 0 Å². The van der Waals surface area contributed by atoms with Gasteiger partial charge in [-0.3, -0.25) is 14.4 Å². The fraction of sp³-hybridized carbons (Fsp3) is 0.500. The zero-order valence-corrected chi connectivity index (χ0v) is 27.8. The molecule has 3 aliphatic rings. The van der Waals surface area contributed by atoms with Gasteiger partial charge < -0.3 is 29.9 Å². The Morgan fingerprint density at radius 3 is 2.53 bits per heavy atom. The molecule has 1 saturated heterocycles. The highest BCUT2D eigenvalue weighted by atomic mass is 16.5. The van der Waals surface area contributed by atoms with Crippen LogP contribution in [0.3, 0.4) is 0 Å². The number of nitrogens with one attached hydrogen (secondary N) is 2. The van der Waals surface area contributed by atoms with E-state index in [1.165, 1.54) is 10.5 Å². The molecule has 1 aromatic heterocycles. The number of hydrogen-bond donors (Lipinski definition) is 3. The third kappa shape index (κ3) is 7.31. The number of fused-ring (bicyclic) bond motifs is 1. The van der Waals surface area contributed by atoms with Gasteiger partial charge in [0.05, 0.1) is 17.7 Å². The number of nitrogens with zero attached hydrogens (tertiary/aromatic N) is 2. The summed E-state index contributed by atoms with van der Waals surface area (Å²) in [4.78, 5) is 41.9. The van der Waals surface area contributed by atoms with Crippen molar-refractivity contribution in [3.05, 3.63) is 93.4 Å². The van der Waals surface area contributed by atoms with Crippen molar-refractivity contribution >= 4 is 17.5 Å². The van der Waals surface area contributed by atoms with Crippen molar-refractivity contribution in [1.82, 2.24) is 15.2 Å². The van der Waals surface area contributed by atoms with Crippen molar-refractivity contribution in [3.63, 3.8) is 0 Å². The Morgan fingerprint density at radius 2 is 1.83 bits per heavy atom. The van der Waals surface area contributed by atoms with Gasteiger partial charge in [0.1, 0.15) is 17.0 Å². The summed E-state index contributed by atoms with van der Waals surface area (Å²) in [5.41, 5.74) is 3.11. The number of amides is 2. The largest absolute Gasteiger partial charge is 0.487 e. The number of ether oxygens (including phenoxy) is 1. The summed E-state index contributed by atoms with van der Waals surface area (Å²) in [7, 11) is 0. The van der Waals surface area contributed by atoms with Crippen LogP contribution < -0.4 is 25.8 Å². The lowest BCUT2D eigenvalue weighted by molar-refractivity contribution is -0.117. The molecule has 250 valence electrons. The second-order valence-corrected chi connectivity index (χ2v) is 13.9. The SMILES string of the molecule is CCc1ccc2c(c1)C(NCC[C@@H](NC(=O)c1cc(N3CCCC3=O)c(=O)n(C3CCCC3)c1)[C@H](O)c1ccccc1)CC(C)(C)O2. The van der Waals surface area contributed by atoms with E-state index < -0.39 is 12.1 Å². The summed E-state index contributed by atoms with van der Waals surface area (Å²) in [6.45, 7) is 7.34. The average Bonchev–Trinajstić information content (AvgIpc) is 3.76. The predicted molar refractivity (Wildman–Crippen MR) is 183 cm³/mol. The smallest absolute Gasteiger partial charge is 0.274 e. The predicted octanol–water partition coefficient (Wildman–Crippen LogP) is 5.77. The lowest BCUT2D eigenvalue weighted by atomic mass is 9.88. The van der Waals surface area contributed by atoms with E-state index in [1.807, 2.05) is 30.3 Å². The van der Waals surface area contributed by atoms with Crippen LogP contribution >= 0.6 is 0 Å². The van der Waals surface area contributed by atoms with Crippen LogP contribution in [0.5, 0.6) is 5.75 Å². The number of rotatable bonds is 11. The number of aliphatic hydroxyl groups is 1. The van der Waals surface area contributed by atoms with Crippen molar-refractivity contribution in [3.8, 4) is 5.75 Å². The number of carbonyl (C=O) groups is 2. The van der Waals surface area contributed by atoms with Gasteiger partial charge in [0.25, 0.3) is 11.5 Å². The summed E-state index contributed by atoms with van der Waals surface area (Å²) in [5.74, 6) is 0.412. The Hall–Kier alpha value is -3.95. The highest BCUT2D eigenvalue weighted by molar-refractivity contribution is 5.98. The van der Waals surface area contributed by atoms with E-state index in [0.29, 0.717) is 43.5 Å². The monoisotopic (exact) mass is 640 g/mol. The molecule has 3 atom stereocenters. The Morgan fingerprint density at radius 1 is 1.06 bits per heavy atom. The number of aryl methyl sites for hydroxylation is 1. The Kier molecular flexibility index (Phi) is 9.85. The van der Waals surface area contributed by atoms with Gasteiger partial charge in [-0.25, -0.2) is 0 Å². The topological polar surface area (TPSA) is 113 Å². The second-order valence-electron chi connectivity index (χ2n) is 13.9. The Labute approximate surface area is 277 Å². The van der Waals surface area contributed by atoms with E-state index in [-0.39, 0.29) is 40.7 Å². The molecule has 1 aliphatic carbocycles. The number of aliphatic hydroxyl groups excluding tert-OH is 1. The summed E-state index contributed by atoms with van der Waals surface area (Å²) in [6.07, 6.45) is 7.74. The van der Waals surface area contributed by atoms with Crippen LogP contribution in [-0.4, -0.2) is 46.2 Å². The average molecular weight is 641 g/mol. The number of anilines is 1.